The average Bonchev–Trinajstić information content (AvgIpc) is 2.88. The van der Waals surface area contributed by atoms with Crippen LogP contribution in [0, 0.1) is 6.92 Å². The van der Waals surface area contributed by atoms with Crippen LogP contribution < -0.4 is 5.32 Å². The van der Waals surface area contributed by atoms with E-state index in [0.717, 1.165) is 6.42 Å². The SMILES string of the molecule is CCc1ccc(C(C)N[C@@H](C)c2ccccc2C)s1. The Morgan fingerprint density at radius 3 is 2.42 bits per heavy atom. The monoisotopic (exact) mass is 273 g/mol. The van der Waals surface area contributed by atoms with Crippen molar-refractivity contribution in [3.05, 3.63) is 57.3 Å². The van der Waals surface area contributed by atoms with E-state index >= 15 is 0 Å². The zero-order chi connectivity index (χ0) is 13.8. The van der Waals surface area contributed by atoms with E-state index in [1.807, 2.05) is 11.3 Å². The minimum absolute atomic E-state index is 0.378. The quantitative estimate of drug-likeness (QED) is 0.805. The minimum atomic E-state index is 0.378. The molecule has 0 saturated carbocycles. The van der Waals surface area contributed by atoms with Gasteiger partial charge in [0, 0.05) is 21.8 Å². The van der Waals surface area contributed by atoms with Gasteiger partial charge in [-0.2, -0.15) is 0 Å². The highest BCUT2D eigenvalue weighted by atomic mass is 32.1. The van der Waals surface area contributed by atoms with Crippen molar-refractivity contribution in [1.82, 2.24) is 5.32 Å². The van der Waals surface area contributed by atoms with E-state index in [9.17, 15) is 0 Å². The molecule has 0 aliphatic carbocycles. The molecule has 102 valence electrons. The second-order valence-electron chi connectivity index (χ2n) is 5.12. The molecule has 1 heterocycles. The van der Waals surface area contributed by atoms with E-state index < -0.39 is 0 Å². The highest BCUT2D eigenvalue weighted by molar-refractivity contribution is 7.12. The molecule has 1 aromatic heterocycles. The van der Waals surface area contributed by atoms with Crippen LogP contribution in [-0.4, -0.2) is 0 Å². The molecule has 0 aliphatic rings. The molecule has 2 rings (SSSR count). The van der Waals surface area contributed by atoms with E-state index in [-0.39, 0.29) is 0 Å². The maximum atomic E-state index is 3.70. The Bertz CT molecular complexity index is 530. The van der Waals surface area contributed by atoms with Crippen molar-refractivity contribution >= 4 is 11.3 Å². The van der Waals surface area contributed by atoms with Crippen LogP contribution in [0.5, 0.6) is 0 Å². The Hall–Kier alpha value is -1.12. The molecule has 1 N–H and O–H groups in total. The third-order valence-electron chi connectivity index (χ3n) is 3.61. The molecule has 0 aliphatic heterocycles. The number of aryl methyl sites for hydroxylation is 2. The van der Waals surface area contributed by atoms with Gasteiger partial charge in [-0.1, -0.05) is 31.2 Å². The van der Waals surface area contributed by atoms with E-state index in [1.165, 1.54) is 20.9 Å². The van der Waals surface area contributed by atoms with E-state index in [0.29, 0.717) is 12.1 Å². The lowest BCUT2D eigenvalue weighted by molar-refractivity contribution is 0.498. The van der Waals surface area contributed by atoms with Crippen LogP contribution in [-0.2, 0) is 6.42 Å². The number of benzene rings is 1. The zero-order valence-electron chi connectivity index (χ0n) is 12.2. The summed E-state index contributed by atoms with van der Waals surface area (Å²) in [5.41, 5.74) is 2.75. The molecule has 1 aromatic carbocycles. The largest absolute Gasteiger partial charge is 0.303 e. The predicted molar refractivity (Wildman–Crippen MR) is 84.8 cm³/mol. The molecule has 0 saturated heterocycles. The third-order valence-corrected chi connectivity index (χ3v) is 5.02. The lowest BCUT2D eigenvalue weighted by Gasteiger charge is -2.21. The first-order chi connectivity index (χ1) is 9.11. The summed E-state index contributed by atoms with van der Waals surface area (Å²) >= 11 is 1.92. The van der Waals surface area contributed by atoms with Gasteiger partial charge in [-0.15, -0.1) is 11.3 Å². The smallest absolute Gasteiger partial charge is 0.0391 e. The van der Waals surface area contributed by atoms with Crippen LogP contribution in [0.1, 0.15) is 53.7 Å². The summed E-state index contributed by atoms with van der Waals surface area (Å²) in [6.07, 6.45) is 1.13. The number of hydrogen-bond donors (Lipinski definition) is 1. The molecule has 0 fully saturated rings. The highest BCUT2D eigenvalue weighted by Crippen LogP contribution is 2.26. The Balaban J connectivity index is 2.06. The van der Waals surface area contributed by atoms with E-state index in [1.54, 1.807) is 0 Å². The van der Waals surface area contributed by atoms with Gasteiger partial charge in [0.1, 0.15) is 0 Å². The van der Waals surface area contributed by atoms with Crippen molar-refractivity contribution in [2.45, 2.75) is 46.2 Å². The summed E-state index contributed by atoms with van der Waals surface area (Å²) in [4.78, 5) is 2.89. The molecule has 2 aromatic rings. The molecule has 1 nitrogen and oxygen atoms in total. The molecule has 19 heavy (non-hydrogen) atoms. The van der Waals surface area contributed by atoms with Gasteiger partial charge in [-0.3, -0.25) is 0 Å². The molecule has 0 spiro atoms. The van der Waals surface area contributed by atoms with Gasteiger partial charge >= 0.3 is 0 Å². The Kier molecular flexibility index (Phi) is 4.78. The molecule has 0 amide bonds. The lowest BCUT2D eigenvalue weighted by Crippen LogP contribution is -2.22. The van der Waals surface area contributed by atoms with Gasteiger partial charge in [-0.25, -0.2) is 0 Å². The summed E-state index contributed by atoms with van der Waals surface area (Å²) in [6, 6.07) is 13.9. The maximum absolute atomic E-state index is 3.70. The first-order valence-corrected chi connectivity index (χ1v) is 7.83. The van der Waals surface area contributed by atoms with Gasteiger partial charge in [0.15, 0.2) is 0 Å². The van der Waals surface area contributed by atoms with E-state index in [2.05, 4.69) is 69.4 Å². The third kappa shape index (κ3) is 3.46. The summed E-state index contributed by atoms with van der Waals surface area (Å²) in [5, 5.41) is 3.70. The van der Waals surface area contributed by atoms with Crippen molar-refractivity contribution in [2.24, 2.45) is 0 Å². The Morgan fingerprint density at radius 1 is 1.05 bits per heavy atom. The zero-order valence-corrected chi connectivity index (χ0v) is 13.1. The molecule has 0 radical (unpaired) electrons. The van der Waals surface area contributed by atoms with Crippen molar-refractivity contribution in [3.8, 4) is 0 Å². The number of rotatable bonds is 5. The van der Waals surface area contributed by atoms with Crippen LogP contribution >= 0.6 is 11.3 Å². The summed E-state index contributed by atoms with van der Waals surface area (Å²) in [6.45, 7) is 8.88. The van der Waals surface area contributed by atoms with Crippen LogP contribution in [0.3, 0.4) is 0 Å². The van der Waals surface area contributed by atoms with Gasteiger partial charge in [-0.05, 0) is 50.5 Å². The number of thiophene rings is 1. The molecule has 2 atom stereocenters. The van der Waals surface area contributed by atoms with Gasteiger partial charge in [0.25, 0.3) is 0 Å². The molecular weight excluding hydrogens is 250 g/mol. The number of hydrogen-bond acceptors (Lipinski definition) is 2. The standard InChI is InChI=1S/C17H23NS/c1-5-15-10-11-17(19-15)14(4)18-13(3)16-9-7-6-8-12(16)2/h6-11,13-14,18H,5H2,1-4H3/t13-,14?/m0/s1. The van der Waals surface area contributed by atoms with Crippen molar-refractivity contribution in [1.29, 1.82) is 0 Å². The average molecular weight is 273 g/mol. The van der Waals surface area contributed by atoms with Gasteiger partial charge in [0.05, 0.1) is 0 Å². The fraction of sp³-hybridized carbons (Fsp3) is 0.412. The molecule has 1 unspecified atom stereocenters. The van der Waals surface area contributed by atoms with Gasteiger partial charge < -0.3 is 5.32 Å². The summed E-state index contributed by atoms with van der Waals surface area (Å²) in [7, 11) is 0. The van der Waals surface area contributed by atoms with Crippen molar-refractivity contribution in [3.63, 3.8) is 0 Å². The first kappa shape index (κ1) is 14.3. The summed E-state index contributed by atoms with van der Waals surface area (Å²) in [5.74, 6) is 0. The molecule has 0 bridgehead atoms. The van der Waals surface area contributed by atoms with Crippen LogP contribution in [0.15, 0.2) is 36.4 Å². The fourth-order valence-electron chi connectivity index (χ4n) is 2.44. The van der Waals surface area contributed by atoms with Crippen LogP contribution in [0.4, 0.5) is 0 Å². The highest BCUT2D eigenvalue weighted by Gasteiger charge is 2.13. The van der Waals surface area contributed by atoms with Crippen LogP contribution in [0.2, 0.25) is 0 Å². The second-order valence-corrected chi connectivity index (χ2v) is 6.32. The summed E-state index contributed by atoms with van der Waals surface area (Å²) < 4.78 is 0. The van der Waals surface area contributed by atoms with Gasteiger partial charge in [0.2, 0.25) is 0 Å². The maximum Gasteiger partial charge on any atom is 0.0391 e. The minimum Gasteiger partial charge on any atom is -0.303 e. The van der Waals surface area contributed by atoms with E-state index in [4.69, 9.17) is 0 Å². The molecule has 2 heteroatoms. The van der Waals surface area contributed by atoms with Crippen LogP contribution in [0.25, 0.3) is 0 Å². The second kappa shape index (κ2) is 6.36. The Morgan fingerprint density at radius 2 is 1.79 bits per heavy atom. The predicted octanol–water partition coefficient (Wildman–Crippen LogP) is 5.03. The lowest BCUT2D eigenvalue weighted by atomic mass is 10.0. The fourth-order valence-corrected chi connectivity index (χ4v) is 3.40. The first-order valence-electron chi connectivity index (χ1n) is 7.02. The molecular formula is C17H23NS. The topological polar surface area (TPSA) is 12.0 Å². The normalized spacial score (nSPS) is 14.3. The van der Waals surface area contributed by atoms with Crippen molar-refractivity contribution in [2.75, 3.05) is 0 Å². The Labute approximate surface area is 120 Å². The number of nitrogens with one attached hydrogen (secondary N) is 1. The van der Waals surface area contributed by atoms with Crippen molar-refractivity contribution < 1.29 is 0 Å².